The molecule has 17 heavy (non-hydrogen) atoms. The Balaban J connectivity index is 2.79. The zero-order valence-electron chi connectivity index (χ0n) is 12.2. The highest BCUT2D eigenvalue weighted by atomic mass is 28.4. The lowest BCUT2D eigenvalue weighted by molar-refractivity contribution is -0.146. The van der Waals surface area contributed by atoms with Crippen LogP contribution in [0, 0.1) is 5.92 Å². The van der Waals surface area contributed by atoms with Crippen LogP contribution >= 0.6 is 0 Å². The average Bonchev–Trinajstić information content (AvgIpc) is 2.43. The monoisotopic (exact) mass is 258 g/mol. The van der Waals surface area contributed by atoms with Gasteiger partial charge in [-0.1, -0.05) is 34.6 Å². The highest BCUT2D eigenvalue weighted by Gasteiger charge is 2.47. The molecule has 1 rings (SSSR count). The first kappa shape index (κ1) is 14.7. The molecular weight excluding hydrogens is 232 g/mol. The van der Waals surface area contributed by atoms with Gasteiger partial charge in [0.05, 0.1) is 0 Å². The Hall–Kier alpha value is -0.353. The molecule has 1 aliphatic heterocycles. The maximum Gasteiger partial charge on any atom is 0.334 e. The number of esters is 1. The van der Waals surface area contributed by atoms with E-state index in [0.29, 0.717) is 0 Å². The topological polar surface area (TPSA) is 35.5 Å². The molecule has 3 nitrogen and oxygen atoms in total. The lowest BCUT2D eigenvalue weighted by atomic mass is 10.00. The number of cyclic esters (lactones) is 1. The molecule has 0 aromatic heterocycles. The van der Waals surface area contributed by atoms with Crippen LogP contribution in [-0.2, 0) is 14.0 Å². The fourth-order valence-corrected chi connectivity index (χ4v) is 3.14. The Labute approximate surface area is 106 Å². The van der Waals surface area contributed by atoms with Crippen molar-refractivity contribution >= 4 is 14.3 Å². The van der Waals surface area contributed by atoms with Crippen LogP contribution in [0.1, 0.15) is 41.0 Å². The van der Waals surface area contributed by atoms with Gasteiger partial charge >= 0.3 is 5.97 Å². The van der Waals surface area contributed by atoms with E-state index in [-0.39, 0.29) is 29.1 Å². The highest BCUT2D eigenvalue weighted by molar-refractivity contribution is 6.74. The molecule has 0 aromatic rings. The molecular formula is C13H26O3Si. The lowest BCUT2D eigenvalue weighted by Gasteiger charge is -2.38. The molecule has 0 spiro atoms. The van der Waals surface area contributed by atoms with Gasteiger partial charge in [-0.25, -0.2) is 4.79 Å². The molecule has 0 radical (unpaired) electrons. The quantitative estimate of drug-likeness (QED) is 0.575. The van der Waals surface area contributed by atoms with Crippen LogP contribution < -0.4 is 0 Å². The summed E-state index contributed by atoms with van der Waals surface area (Å²) in [4.78, 5) is 11.8. The van der Waals surface area contributed by atoms with Crippen molar-refractivity contribution in [1.82, 2.24) is 0 Å². The Morgan fingerprint density at radius 2 is 1.88 bits per heavy atom. The van der Waals surface area contributed by atoms with Gasteiger partial charge in [0.2, 0.25) is 0 Å². The van der Waals surface area contributed by atoms with Gasteiger partial charge in [0, 0.05) is 5.92 Å². The normalized spacial score (nSPS) is 30.5. The van der Waals surface area contributed by atoms with Gasteiger partial charge in [-0.05, 0) is 24.6 Å². The van der Waals surface area contributed by atoms with Crippen LogP contribution in [0.15, 0.2) is 0 Å². The smallest absolute Gasteiger partial charge is 0.334 e. The minimum Gasteiger partial charge on any atom is -0.460 e. The number of carbonyl (C=O) groups is 1. The summed E-state index contributed by atoms with van der Waals surface area (Å²) < 4.78 is 11.5. The molecule has 0 saturated carbocycles. The Morgan fingerprint density at radius 3 is 2.24 bits per heavy atom. The van der Waals surface area contributed by atoms with Gasteiger partial charge in [0.25, 0.3) is 0 Å². The number of ether oxygens (including phenoxy) is 1. The van der Waals surface area contributed by atoms with Crippen molar-refractivity contribution in [2.24, 2.45) is 5.92 Å². The summed E-state index contributed by atoms with van der Waals surface area (Å²) in [5.74, 6) is -0.00389. The van der Waals surface area contributed by atoms with E-state index >= 15 is 0 Å². The van der Waals surface area contributed by atoms with Gasteiger partial charge in [-0.2, -0.15) is 0 Å². The summed E-state index contributed by atoms with van der Waals surface area (Å²) in [6.07, 6.45) is 0.530. The molecule has 0 N–H and O–H groups in total. The molecule has 1 fully saturated rings. The summed E-state index contributed by atoms with van der Waals surface area (Å²) in [6, 6.07) is 0. The molecule has 0 amide bonds. The average molecular weight is 258 g/mol. The van der Waals surface area contributed by atoms with Crippen molar-refractivity contribution in [2.45, 2.75) is 71.4 Å². The number of rotatable bonds is 3. The summed E-state index contributed by atoms with van der Waals surface area (Å²) in [7, 11) is -1.90. The number of hydrogen-bond donors (Lipinski definition) is 0. The van der Waals surface area contributed by atoms with E-state index in [9.17, 15) is 4.79 Å². The van der Waals surface area contributed by atoms with Crippen molar-refractivity contribution in [3.05, 3.63) is 0 Å². The second-order valence-electron chi connectivity index (χ2n) is 6.54. The molecule has 0 bridgehead atoms. The maximum atomic E-state index is 11.8. The predicted octanol–water partition coefficient (Wildman–Crippen LogP) is 3.35. The standard InChI is InChI=1S/C13H26O3Si/c1-8-10-9(2)11(12(14)15-10)16-17(6,7)13(3,4)5/h9-11H,8H2,1-7H3/t9-,10-,11?/m1/s1. The van der Waals surface area contributed by atoms with Crippen LogP contribution in [0.4, 0.5) is 0 Å². The van der Waals surface area contributed by atoms with E-state index in [1.807, 2.05) is 6.92 Å². The first-order chi connectivity index (χ1) is 7.60. The van der Waals surface area contributed by atoms with Crippen LogP contribution in [0.25, 0.3) is 0 Å². The Bertz CT molecular complexity index is 294. The molecule has 1 heterocycles. The van der Waals surface area contributed by atoms with Crippen molar-refractivity contribution in [3.8, 4) is 0 Å². The highest BCUT2D eigenvalue weighted by Crippen LogP contribution is 2.40. The third kappa shape index (κ3) is 2.91. The van der Waals surface area contributed by atoms with Gasteiger partial charge in [0.1, 0.15) is 12.2 Å². The molecule has 0 aliphatic carbocycles. The number of hydrogen-bond acceptors (Lipinski definition) is 3. The summed E-state index contributed by atoms with van der Waals surface area (Å²) in [5, 5.41) is 0.122. The maximum absolute atomic E-state index is 11.8. The van der Waals surface area contributed by atoms with Gasteiger partial charge in [-0.15, -0.1) is 0 Å². The third-order valence-corrected chi connectivity index (χ3v) is 8.65. The van der Waals surface area contributed by atoms with E-state index in [2.05, 4.69) is 40.8 Å². The molecule has 0 aromatic carbocycles. The third-order valence-electron chi connectivity index (χ3n) is 4.19. The van der Waals surface area contributed by atoms with Crippen molar-refractivity contribution < 1.29 is 14.0 Å². The summed E-state index contributed by atoms with van der Waals surface area (Å²) in [5.41, 5.74) is 0. The Morgan fingerprint density at radius 1 is 1.35 bits per heavy atom. The van der Waals surface area contributed by atoms with Gasteiger partial charge < -0.3 is 9.16 Å². The van der Waals surface area contributed by atoms with E-state index in [0.717, 1.165) is 6.42 Å². The summed E-state index contributed by atoms with van der Waals surface area (Å²) in [6.45, 7) is 15.0. The molecule has 1 aliphatic rings. The van der Waals surface area contributed by atoms with E-state index in [4.69, 9.17) is 9.16 Å². The van der Waals surface area contributed by atoms with E-state index < -0.39 is 8.32 Å². The van der Waals surface area contributed by atoms with Crippen LogP contribution in [0.5, 0.6) is 0 Å². The van der Waals surface area contributed by atoms with E-state index in [1.54, 1.807) is 0 Å². The van der Waals surface area contributed by atoms with Crippen LogP contribution in [0.2, 0.25) is 18.1 Å². The Kier molecular flexibility index (Phi) is 4.09. The second kappa shape index (κ2) is 4.73. The van der Waals surface area contributed by atoms with Crippen LogP contribution in [0.3, 0.4) is 0 Å². The fraction of sp³-hybridized carbons (Fsp3) is 0.923. The first-order valence-electron chi connectivity index (χ1n) is 6.48. The largest absolute Gasteiger partial charge is 0.460 e. The van der Waals surface area contributed by atoms with Crippen molar-refractivity contribution in [2.75, 3.05) is 0 Å². The molecule has 100 valence electrons. The molecule has 1 unspecified atom stereocenters. The van der Waals surface area contributed by atoms with Crippen LogP contribution in [-0.4, -0.2) is 26.5 Å². The number of carbonyl (C=O) groups excluding carboxylic acids is 1. The van der Waals surface area contributed by atoms with E-state index in [1.165, 1.54) is 0 Å². The summed E-state index contributed by atoms with van der Waals surface area (Å²) >= 11 is 0. The minimum atomic E-state index is -1.90. The van der Waals surface area contributed by atoms with Crippen molar-refractivity contribution in [3.63, 3.8) is 0 Å². The SMILES string of the molecule is CC[C@H]1OC(=O)C(O[Si](C)(C)C(C)(C)C)[C@@H]1C. The fourth-order valence-electron chi connectivity index (χ4n) is 1.84. The van der Waals surface area contributed by atoms with Crippen molar-refractivity contribution in [1.29, 1.82) is 0 Å². The first-order valence-corrected chi connectivity index (χ1v) is 9.39. The minimum absolute atomic E-state index is 0.0252. The van der Waals surface area contributed by atoms with Gasteiger partial charge in [-0.3, -0.25) is 0 Å². The zero-order valence-corrected chi connectivity index (χ0v) is 13.2. The lowest BCUT2D eigenvalue weighted by Crippen LogP contribution is -2.46. The second-order valence-corrected chi connectivity index (χ2v) is 11.3. The molecule has 3 atom stereocenters. The van der Waals surface area contributed by atoms with Gasteiger partial charge in [0.15, 0.2) is 8.32 Å². The zero-order chi connectivity index (χ0) is 13.4. The molecule has 4 heteroatoms. The molecule has 1 saturated heterocycles. The predicted molar refractivity (Wildman–Crippen MR) is 71.4 cm³/mol.